The molecule has 0 bridgehead atoms. The van der Waals surface area contributed by atoms with Crippen LogP contribution in [0.25, 0.3) is 0 Å². The topological polar surface area (TPSA) is 61.8 Å². The van der Waals surface area contributed by atoms with Crippen LogP contribution in [0.5, 0.6) is 0 Å². The predicted octanol–water partition coefficient (Wildman–Crippen LogP) is 5.43. The number of carbonyl (C=O) groups is 2. The second kappa shape index (κ2) is 10.7. The fourth-order valence-corrected chi connectivity index (χ4v) is 4.93. The number of carbonyl (C=O) groups excluding carboxylic acids is 2. The van der Waals surface area contributed by atoms with Gasteiger partial charge in [-0.2, -0.15) is 0 Å². The largest absolute Gasteiger partial charge is 0.466 e. The van der Waals surface area contributed by atoms with Crippen LogP contribution in [0, 0.1) is 5.92 Å². The van der Waals surface area contributed by atoms with Crippen LogP contribution in [-0.4, -0.2) is 35.9 Å². The Balaban J connectivity index is 1.40. The van der Waals surface area contributed by atoms with Crippen molar-refractivity contribution in [1.29, 1.82) is 0 Å². The highest BCUT2D eigenvalue weighted by atomic mass is 16.7. The number of ketones is 1. The molecule has 2 saturated heterocycles. The normalized spacial score (nSPS) is 29.7. The van der Waals surface area contributed by atoms with E-state index in [-0.39, 0.29) is 24.3 Å². The van der Waals surface area contributed by atoms with E-state index in [1.54, 1.807) is 12.2 Å². The minimum absolute atomic E-state index is 0.00955. The highest BCUT2D eigenvalue weighted by Gasteiger charge is 2.52. The van der Waals surface area contributed by atoms with E-state index in [1.165, 1.54) is 32.1 Å². The second-order valence-electron chi connectivity index (χ2n) is 9.37. The molecule has 0 radical (unpaired) electrons. The molecule has 2 aliphatic heterocycles. The van der Waals surface area contributed by atoms with Gasteiger partial charge in [0.15, 0.2) is 11.6 Å². The Morgan fingerprint density at radius 1 is 1.10 bits per heavy atom. The summed E-state index contributed by atoms with van der Waals surface area (Å²) in [5.74, 6) is -0.445. The molecule has 30 heavy (non-hydrogen) atoms. The number of allylic oxidation sites excluding steroid dienone is 2. The number of hydrogen-bond acceptors (Lipinski definition) is 5. The van der Waals surface area contributed by atoms with Gasteiger partial charge in [0.2, 0.25) is 0 Å². The molecule has 168 valence electrons. The number of ether oxygens (including phenoxy) is 3. The zero-order chi connectivity index (χ0) is 21.5. The summed E-state index contributed by atoms with van der Waals surface area (Å²) in [6, 6.07) is 0. The van der Waals surface area contributed by atoms with Crippen LogP contribution < -0.4 is 0 Å². The van der Waals surface area contributed by atoms with Gasteiger partial charge in [-0.25, -0.2) is 0 Å². The third kappa shape index (κ3) is 6.52. The molecule has 2 fully saturated rings. The van der Waals surface area contributed by atoms with E-state index in [4.69, 9.17) is 14.2 Å². The Bertz CT molecular complexity index is 636. The molecule has 2 unspecified atom stereocenters. The molecule has 3 rings (SSSR count). The maximum atomic E-state index is 12.3. The lowest BCUT2D eigenvalue weighted by molar-refractivity contribution is -0.284. The van der Waals surface area contributed by atoms with Crippen LogP contribution in [-0.2, 0) is 23.8 Å². The highest BCUT2D eigenvalue weighted by Crippen LogP contribution is 2.48. The van der Waals surface area contributed by atoms with Gasteiger partial charge in [-0.1, -0.05) is 52.4 Å². The summed E-state index contributed by atoms with van der Waals surface area (Å²) in [5, 5.41) is 0. The lowest BCUT2D eigenvalue weighted by Gasteiger charge is -2.42. The van der Waals surface area contributed by atoms with Crippen LogP contribution >= 0.6 is 0 Å². The van der Waals surface area contributed by atoms with Gasteiger partial charge in [0.25, 0.3) is 0 Å². The maximum Gasteiger partial charge on any atom is 0.308 e. The van der Waals surface area contributed by atoms with Crippen LogP contribution in [0.4, 0.5) is 0 Å². The number of rotatable bonds is 10. The van der Waals surface area contributed by atoms with Gasteiger partial charge in [-0.15, -0.1) is 0 Å². The summed E-state index contributed by atoms with van der Waals surface area (Å²) in [7, 11) is 0. The van der Waals surface area contributed by atoms with Gasteiger partial charge < -0.3 is 14.2 Å². The first-order chi connectivity index (χ1) is 14.4. The lowest BCUT2D eigenvalue weighted by Crippen LogP contribution is -2.46. The summed E-state index contributed by atoms with van der Waals surface area (Å²) in [5.41, 5.74) is -0.548. The van der Waals surface area contributed by atoms with Crippen molar-refractivity contribution in [3.05, 3.63) is 24.3 Å². The fourth-order valence-electron chi connectivity index (χ4n) is 4.93. The van der Waals surface area contributed by atoms with E-state index < -0.39 is 11.4 Å². The number of unbranched alkanes of at least 4 members (excludes halogenated alkanes) is 6. The molecule has 2 spiro atoms. The van der Waals surface area contributed by atoms with Crippen molar-refractivity contribution in [2.75, 3.05) is 6.61 Å². The van der Waals surface area contributed by atoms with Crippen LogP contribution in [0.2, 0.25) is 0 Å². The average Bonchev–Trinajstić information content (AvgIpc) is 3.03. The molecule has 5 heteroatoms. The Hall–Kier alpha value is -1.46. The van der Waals surface area contributed by atoms with Gasteiger partial charge in [-0.3, -0.25) is 9.59 Å². The Morgan fingerprint density at radius 3 is 2.53 bits per heavy atom. The van der Waals surface area contributed by atoms with Crippen LogP contribution in [0.15, 0.2) is 24.3 Å². The minimum Gasteiger partial charge on any atom is -0.466 e. The van der Waals surface area contributed by atoms with E-state index in [0.717, 1.165) is 38.5 Å². The van der Waals surface area contributed by atoms with Crippen molar-refractivity contribution in [2.45, 2.75) is 108 Å². The molecule has 0 aromatic carbocycles. The zero-order valence-corrected chi connectivity index (χ0v) is 18.7. The van der Waals surface area contributed by atoms with Crippen LogP contribution in [0.3, 0.4) is 0 Å². The SMILES string of the molecule is CCCCCCCCCOC(=O)CC1CC(C)C[C@]2(CCC3(C=CC(=O)C=C3)O2)O1. The second-order valence-corrected chi connectivity index (χ2v) is 9.37. The molecule has 2 heterocycles. The molecule has 3 aliphatic rings. The van der Waals surface area contributed by atoms with E-state index in [1.807, 2.05) is 12.2 Å². The van der Waals surface area contributed by atoms with Crippen molar-refractivity contribution >= 4 is 11.8 Å². The fraction of sp³-hybridized carbons (Fsp3) is 0.760. The molecule has 3 atom stereocenters. The van der Waals surface area contributed by atoms with E-state index in [0.29, 0.717) is 12.5 Å². The summed E-state index contributed by atoms with van der Waals surface area (Å²) < 4.78 is 18.2. The van der Waals surface area contributed by atoms with Gasteiger partial charge in [-0.05, 0) is 49.5 Å². The molecule has 0 amide bonds. The van der Waals surface area contributed by atoms with E-state index >= 15 is 0 Å². The molecule has 5 nitrogen and oxygen atoms in total. The monoisotopic (exact) mass is 418 g/mol. The molecular weight excluding hydrogens is 380 g/mol. The predicted molar refractivity (Wildman–Crippen MR) is 116 cm³/mol. The zero-order valence-electron chi connectivity index (χ0n) is 18.7. The summed E-state index contributed by atoms with van der Waals surface area (Å²) in [4.78, 5) is 23.8. The molecule has 0 aromatic heterocycles. The Morgan fingerprint density at radius 2 is 1.80 bits per heavy atom. The first kappa shape index (κ1) is 23.2. The first-order valence-electron chi connectivity index (χ1n) is 11.9. The quantitative estimate of drug-likeness (QED) is 0.350. The van der Waals surface area contributed by atoms with Gasteiger partial charge in [0.05, 0.1) is 19.1 Å². The van der Waals surface area contributed by atoms with E-state index in [9.17, 15) is 9.59 Å². The number of esters is 1. The third-order valence-corrected chi connectivity index (χ3v) is 6.44. The van der Waals surface area contributed by atoms with Gasteiger partial charge in [0.1, 0.15) is 5.60 Å². The van der Waals surface area contributed by atoms with Crippen molar-refractivity contribution in [3.63, 3.8) is 0 Å². The minimum atomic E-state index is -0.670. The summed E-state index contributed by atoms with van der Waals surface area (Å²) >= 11 is 0. The molecule has 0 aromatic rings. The van der Waals surface area contributed by atoms with Gasteiger partial charge in [0, 0.05) is 12.8 Å². The molecular formula is C25H38O5. The standard InChI is InChI=1S/C25H38O5/c1-3-4-5-6-7-8-9-16-28-23(27)18-22-17-20(2)19-25(29-22)15-14-24(30-25)12-10-21(26)11-13-24/h10-13,20,22H,3-9,14-19H2,1-2H3/t20?,22?,25-/m1/s1. The average molecular weight is 419 g/mol. The van der Waals surface area contributed by atoms with Crippen molar-refractivity contribution in [3.8, 4) is 0 Å². The lowest BCUT2D eigenvalue weighted by atomic mass is 9.88. The Kier molecular flexibility index (Phi) is 8.29. The Labute approximate surface area is 181 Å². The van der Waals surface area contributed by atoms with Crippen molar-refractivity contribution < 1.29 is 23.8 Å². The molecule has 0 N–H and O–H groups in total. The summed E-state index contributed by atoms with van der Waals surface area (Å²) in [6.07, 6.45) is 18.6. The highest BCUT2D eigenvalue weighted by molar-refractivity contribution is 6.00. The molecule has 1 aliphatic carbocycles. The molecule has 0 saturated carbocycles. The van der Waals surface area contributed by atoms with E-state index in [2.05, 4.69) is 13.8 Å². The maximum absolute atomic E-state index is 12.3. The van der Waals surface area contributed by atoms with Crippen LogP contribution in [0.1, 0.15) is 90.9 Å². The first-order valence-corrected chi connectivity index (χ1v) is 11.9. The smallest absolute Gasteiger partial charge is 0.308 e. The van der Waals surface area contributed by atoms with Gasteiger partial charge >= 0.3 is 5.97 Å². The summed E-state index contributed by atoms with van der Waals surface area (Å²) in [6.45, 7) is 4.91. The van der Waals surface area contributed by atoms with Crippen molar-refractivity contribution in [2.24, 2.45) is 5.92 Å². The van der Waals surface area contributed by atoms with Crippen molar-refractivity contribution in [1.82, 2.24) is 0 Å². The third-order valence-electron chi connectivity index (χ3n) is 6.44. The number of hydrogen-bond donors (Lipinski definition) is 0.